The van der Waals surface area contributed by atoms with Gasteiger partial charge in [-0.05, 0) is 29.7 Å². The summed E-state index contributed by atoms with van der Waals surface area (Å²) in [5.74, 6) is -0.390. The minimum Gasteiger partial charge on any atom is -0.340 e. The summed E-state index contributed by atoms with van der Waals surface area (Å²) in [5.41, 5.74) is 4.60. The van der Waals surface area contributed by atoms with Crippen molar-refractivity contribution in [3.63, 3.8) is 0 Å². The monoisotopic (exact) mass is 323 g/mol. The van der Waals surface area contributed by atoms with Gasteiger partial charge in [0.25, 0.3) is 0 Å². The van der Waals surface area contributed by atoms with Crippen LogP contribution in [-0.4, -0.2) is 17.6 Å². The molecule has 0 N–H and O–H groups in total. The lowest BCUT2D eigenvalue weighted by atomic mass is 10.1. The van der Waals surface area contributed by atoms with E-state index in [2.05, 4.69) is 57.7 Å². The Hall–Kier alpha value is -2.59. The van der Waals surface area contributed by atoms with Crippen molar-refractivity contribution in [2.45, 2.75) is 26.3 Å². The van der Waals surface area contributed by atoms with Crippen LogP contribution in [0.4, 0.5) is 0 Å². The van der Waals surface area contributed by atoms with Crippen molar-refractivity contribution in [3.05, 3.63) is 71.4 Å². The number of carbonyl (C=O) groups is 1. The lowest BCUT2D eigenvalue weighted by Crippen LogP contribution is -2.07. The van der Waals surface area contributed by atoms with E-state index in [0.29, 0.717) is 0 Å². The summed E-state index contributed by atoms with van der Waals surface area (Å²) in [4.78, 5) is 20.8. The van der Waals surface area contributed by atoms with E-state index in [0.717, 1.165) is 29.4 Å². The normalized spacial score (nSPS) is 10.9. The average molecular weight is 323 g/mol. The molecule has 0 unspecified atom stereocenters. The fourth-order valence-corrected chi connectivity index (χ4v) is 3.08. The van der Waals surface area contributed by atoms with Crippen LogP contribution in [0, 0.1) is 0 Å². The van der Waals surface area contributed by atoms with Gasteiger partial charge in [0.05, 0.1) is 13.5 Å². The number of fused-ring (bicyclic) bond motifs is 1. The topological polar surface area (TPSA) is 40.5 Å². The summed E-state index contributed by atoms with van der Waals surface area (Å²) in [6.45, 7) is 2.97. The number of nitrogens with zero attached hydrogens (tertiary/aromatic N) is 1. The van der Waals surface area contributed by atoms with Crippen LogP contribution in [-0.2, 0) is 34.0 Å². The van der Waals surface area contributed by atoms with E-state index < -0.39 is 0 Å². The van der Waals surface area contributed by atoms with E-state index in [1.165, 1.54) is 18.4 Å². The fourth-order valence-electron chi connectivity index (χ4n) is 3.08. The SMILES string of the molecule is CCc1cc2c(CC(=O)OOC)cccc2n1Cc1ccccc1. The second-order valence-electron chi connectivity index (χ2n) is 5.71. The summed E-state index contributed by atoms with van der Waals surface area (Å²) in [6, 6.07) is 18.6. The molecule has 2 aromatic carbocycles. The van der Waals surface area contributed by atoms with Gasteiger partial charge in [0, 0.05) is 23.1 Å². The number of benzene rings is 2. The van der Waals surface area contributed by atoms with E-state index >= 15 is 0 Å². The Bertz CT molecular complexity index is 837. The van der Waals surface area contributed by atoms with E-state index in [1.807, 2.05) is 18.2 Å². The number of hydrogen-bond donors (Lipinski definition) is 0. The molecule has 0 aliphatic heterocycles. The Labute approximate surface area is 141 Å². The van der Waals surface area contributed by atoms with E-state index in [9.17, 15) is 4.79 Å². The first-order valence-corrected chi connectivity index (χ1v) is 8.10. The number of rotatable bonds is 6. The molecule has 1 heterocycles. The molecule has 0 amide bonds. The Balaban J connectivity index is 2.01. The number of hydrogen-bond acceptors (Lipinski definition) is 3. The molecule has 0 fully saturated rings. The van der Waals surface area contributed by atoms with Crippen molar-refractivity contribution in [1.82, 2.24) is 4.57 Å². The third-order valence-corrected chi connectivity index (χ3v) is 4.18. The molecular weight excluding hydrogens is 302 g/mol. The van der Waals surface area contributed by atoms with Crippen LogP contribution in [0.1, 0.15) is 23.7 Å². The maximum atomic E-state index is 11.8. The van der Waals surface area contributed by atoms with Gasteiger partial charge in [-0.25, -0.2) is 4.79 Å². The second-order valence-corrected chi connectivity index (χ2v) is 5.71. The Morgan fingerprint density at radius 1 is 1.08 bits per heavy atom. The molecule has 4 heteroatoms. The molecule has 0 spiro atoms. The zero-order valence-corrected chi connectivity index (χ0v) is 14.0. The van der Waals surface area contributed by atoms with Crippen LogP contribution in [0.15, 0.2) is 54.6 Å². The third-order valence-electron chi connectivity index (χ3n) is 4.18. The van der Waals surface area contributed by atoms with Crippen molar-refractivity contribution in [2.24, 2.45) is 0 Å². The van der Waals surface area contributed by atoms with E-state index in [-0.39, 0.29) is 12.4 Å². The van der Waals surface area contributed by atoms with Gasteiger partial charge in [0.2, 0.25) is 0 Å². The Morgan fingerprint density at radius 2 is 1.88 bits per heavy atom. The standard InChI is InChI=1S/C20H21NO3/c1-3-17-13-18-16(12-20(22)24-23-2)10-7-11-19(18)21(17)14-15-8-5-4-6-9-15/h4-11,13H,3,12,14H2,1-2H3. The number of aryl methyl sites for hydroxylation is 1. The van der Waals surface area contributed by atoms with Gasteiger partial charge in [-0.1, -0.05) is 49.4 Å². The fraction of sp³-hybridized carbons (Fsp3) is 0.250. The summed E-state index contributed by atoms with van der Waals surface area (Å²) in [7, 11) is 1.34. The highest BCUT2D eigenvalue weighted by atomic mass is 17.2. The van der Waals surface area contributed by atoms with Crippen molar-refractivity contribution >= 4 is 16.9 Å². The van der Waals surface area contributed by atoms with Gasteiger partial charge >= 0.3 is 5.97 Å². The zero-order valence-electron chi connectivity index (χ0n) is 14.0. The maximum Gasteiger partial charge on any atom is 0.346 e. The molecule has 0 bridgehead atoms. The predicted molar refractivity (Wildman–Crippen MR) is 93.7 cm³/mol. The smallest absolute Gasteiger partial charge is 0.340 e. The molecule has 24 heavy (non-hydrogen) atoms. The zero-order chi connectivity index (χ0) is 16.9. The number of carbonyl (C=O) groups excluding carboxylic acids is 1. The van der Waals surface area contributed by atoms with Gasteiger partial charge in [0.1, 0.15) is 0 Å². The first-order valence-electron chi connectivity index (χ1n) is 8.10. The summed E-state index contributed by atoms with van der Waals surface area (Å²) >= 11 is 0. The highest BCUT2D eigenvalue weighted by Gasteiger charge is 2.14. The van der Waals surface area contributed by atoms with Crippen molar-refractivity contribution in [1.29, 1.82) is 0 Å². The van der Waals surface area contributed by atoms with Crippen molar-refractivity contribution in [3.8, 4) is 0 Å². The van der Waals surface area contributed by atoms with Crippen LogP contribution in [0.2, 0.25) is 0 Å². The molecule has 0 atom stereocenters. The maximum absolute atomic E-state index is 11.8. The quantitative estimate of drug-likeness (QED) is 0.510. The highest BCUT2D eigenvalue weighted by Crippen LogP contribution is 2.26. The first-order chi connectivity index (χ1) is 11.7. The van der Waals surface area contributed by atoms with Crippen molar-refractivity contribution in [2.75, 3.05) is 7.11 Å². The van der Waals surface area contributed by atoms with Crippen LogP contribution < -0.4 is 0 Å². The molecule has 0 saturated heterocycles. The largest absolute Gasteiger partial charge is 0.346 e. The molecule has 1 aromatic heterocycles. The molecular formula is C20H21NO3. The van der Waals surface area contributed by atoms with Crippen LogP contribution in [0.3, 0.4) is 0 Å². The summed E-state index contributed by atoms with van der Waals surface area (Å²) in [5, 5.41) is 1.10. The molecule has 0 saturated carbocycles. The minimum absolute atomic E-state index is 0.198. The van der Waals surface area contributed by atoms with E-state index in [4.69, 9.17) is 0 Å². The third kappa shape index (κ3) is 3.34. The molecule has 4 nitrogen and oxygen atoms in total. The van der Waals surface area contributed by atoms with Gasteiger partial charge < -0.3 is 4.57 Å². The average Bonchev–Trinajstić information content (AvgIpc) is 2.95. The first kappa shape index (κ1) is 16.3. The highest BCUT2D eigenvalue weighted by molar-refractivity contribution is 5.88. The van der Waals surface area contributed by atoms with Crippen molar-refractivity contribution < 1.29 is 14.6 Å². The molecule has 3 rings (SSSR count). The Kier molecular flexibility index (Phi) is 4.96. The van der Waals surface area contributed by atoms with Gasteiger partial charge in [-0.15, -0.1) is 0 Å². The lowest BCUT2D eigenvalue weighted by molar-refractivity contribution is -0.254. The van der Waals surface area contributed by atoms with Crippen LogP contribution in [0.25, 0.3) is 10.9 Å². The van der Waals surface area contributed by atoms with E-state index in [1.54, 1.807) is 0 Å². The predicted octanol–water partition coefficient (Wildman–Crippen LogP) is 3.90. The second kappa shape index (κ2) is 7.32. The van der Waals surface area contributed by atoms with Crippen LogP contribution in [0.5, 0.6) is 0 Å². The molecule has 124 valence electrons. The van der Waals surface area contributed by atoms with Crippen LogP contribution >= 0.6 is 0 Å². The van der Waals surface area contributed by atoms with Gasteiger partial charge in [-0.2, -0.15) is 4.89 Å². The Morgan fingerprint density at radius 3 is 2.58 bits per heavy atom. The summed E-state index contributed by atoms with van der Waals surface area (Å²) in [6.07, 6.45) is 1.13. The molecule has 0 radical (unpaired) electrons. The molecule has 0 aliphatic carbocycles. The molecule has 3 aromatic rings. The van der Waals surface area contributed by atoms with Gasteiger partial charge in [-0.3, -0.25) is 4.89 Å². The molecule has 0 aliphatic rings. The number of aromatic nitrogens is 1. The minimum atomic E-state index is -0.390. The summed E-state index contributed by atoms with van der Waals surface area (Å²) < 4.78 is 2.32. The lowest BCUT2D eigenvalue weighted by Gasteiger charge is -2.10. The van der Waals surface area contributed by atoms with Gasteiger partial charge in [0.15, 0.2) is 0 Å².